The molecule has 0 saturated carbocycles. The molecule has 0 aliphatic heterocycles. The summed E-state index contributed by atoms with van der Waals surface area (Å²) >= 11 is 3.84. The molecule has 0 heterocycles. The molecule has 0 fully saturated rings. The number of para-hydroxylation sites is 1. The van der Waals surface area contributed by atoms with Crippen molar-refractivity contribution in [1.82, 2.24) is 4.72 Å². The molecule has 0 bridgehead atoms. The lowest BCUT2D eigenvalue weighted by atomic mass is 10.0. The molecule has 5 heteroatoms. The molecule has 1 rings (SSSR count). The Labute approximate surface area is 107 Å². The lowest BCUT2D eigenvalue weighted by Crippen LogP contribution is -2.26. The summed E-state index contributed by atoms with van der Waals surface area (Å²) in [5.41, 5.74) is 0.965. The molecule has 0 amide bonds. The number of hydrogen-bond acceptors (Lipinski definition) is 5. The number of carbonyl (C=O) groups is 1. The minimum absolute atomic E-state index is 0.209. The van der Waals surface area contributed by atoms with E-state index >= 15 is 0 Å². The topological polar surface area (TPSA) is 64.9 Å². The molecule has 1 aromatic carbocycles. The number of carbonyl (C=O) groups excluding carboxylic acids is 1. The van der Waals surface area contributed by atoms with Crippen molar-refractivity contribution in [3.63, 3.8) is 0 Å². The zero-order chi connectivity index (χ0) is 12.5. The van der Waals surface area contributed by atoms with E-state index in [0.717, 1.165) is 12.0 Å². The summed E-state index contributed by atoms with van der Waals surface area (Å²) in [6, 6.07) is 11.3. The zero-order valence-corrected chi connectivity index (χ0v) is 10.2. The normalized spacial score (nSPS) is 13.4. The summed E-state index contributed by atoms with van der Waals surface area (Å²) in [6.45, 7) is 0.515. The van der Waals surface area contributed by atoms with E-state index < -0.39 is 6.04 Å². The van der Waals surface area contributed by atoms with Crippen LogP contribution in [0.4, 0.5) is 5.69 Å². The van der Waals surface area contributed by atoms with E-state index in [4.69, 9.17) is 5.26 Å². The number of nitrogens with one attached hydrogen (secondary N) is 2. The monoisotopic (exact) mass is 249 g/mol. The van der Waals surface area contributed by atoms with Gasteiger partial charge in [-0.15, -0.1) is 0 Å². The fourth-order valence-corrected chi connectivity index (χ4v) is 1.59. The maximum absolute atomic E-state index is 10.9. The molecule has 0 radical (unpaired) electrons. The minimum atomic E-state index is -0.411. The highest BCUT2D eigenvalue weighted by molar-refractivity contribution is 7.78. The third-order valence-corrected chi connectivity index (χ3v) is 2.70. The van der Waals surface area contributed by atoms with Gasteiger partial charge in [0.15, 0.2) is 0 Å². The summed E-state index contributed by atoms with van der Waals surface area (Å²) in [6.07, 6.45) is 1.31. The van der Waals surface area contributed by atoms with Crippen LogP contribution in [0, 0.1) is 17.2 Å². The largest absolute Gasteiger partial charge is 0.384 e. The standard InChI is InChI=1S/C12H15N3OS/c13-7-12(15-17)6-10(9-16)8-14-11-4-2-1-3-5-11/h1-5,9-10,12,14-15,17H,6,8H2. The van der Waals surface area contributed by atoms with E-state index in [9.17, 15) is 4.79 Å². The number of nitriles is 1. The molecule has 1 aromatic rings. The number of rotatable bonds is 7. The number of aldehydes is 1. The van der Waals surface area contributed by atoms with Crippen LogP contribution in [-0.4, -0.2) is 18.9 Å². The van der Waals surface area contributed by atoms with Gasteiger partial charge in [-0.25, -0.2) is 4.72 Å². The smallest absolute Gasteiger partial charge is 0.124 e. The van der Waals surface area contributed by atoms with Crippen LogP contribution in [0.2, 0.25) is 0 Å². The number of nitrogens with zero attached hydrogens (tertiary/aromatic N) is 1. The molecule has 17 heavy (non-hydrogen) atoms. The first-order valence-electron chi connectivity index (χ1n) is 5.33. The Kier molecular flexibility index (Phi) is 6.15. The van der Waals surface area contributed by atoms with Crippen LogP contribution in [0.1, 0.15) is 6.42 Å². The Morgan fingerprint density at radius 1 is 1.41 bits per heavy atom. The van der Waals surface area contributed by atoms with Crippen molar-refractivity contribution in [2.24, 2.45) is 5.92 Å². The second kappa shape index (κ2) is 7.71. The van der Waals surface area contributed by atoms with Crippen LogP contribution in [0.3, 0.4) is 0 Å². The van der Waals surface area contributed by atoms with Gasteiger partial charge in [-0.2, -0.15) is 5.26 Å². The van der Waals surface area contributed by atoms with Gasteiger partial charge in [0, 0.05) is 18.2 Å². The van der Waals surface area contributed by atoms with Crippen molar-refractivity contribution in [2.45, 2.75) is 12.5 Å². The van der Waals surface area contributed by atoms with Gasteiger partial charge in [-0.05, 0) is 18.6 Å². The lowest BCUT2D eigenvalue weighted by molar-refractivity contribution is -0.110. The van der Waals surface area contributed by atoms with E-state index in [1.807, 2.05) is 36.4 Å². The SMILES string of the molecule is N#CC(CC(C=O)CNc1ccccc1)NS. The fourth-order valence-electron chi connectivity index (χ4n) is 1.43. The van der Waals surface area contributed by atoms with Crippen LogP contribution in [0.25, 0.3) is 0 Å². The quantitative estimate of drug-likeness (QED) is 0.507. The molecule has 90 valence electrons. The van der Waals surface area contributed by atoms with E-state index in [2.05, 4.69) is 22.9 Å². The molecule has 2 atom stereocenters. The second-order valence-corrected chi connectivity index (χ2v) is 3.95. The van der Waals surface area contributed by atoms with Crippen LogP contribution in [0.15, 0.2) is 30.3 Å². The van der Waals surface area contributed by atoms with Crippen molar-refractivity contribution in [3.8, 4) is 6.07 Å². The van der Waals surface area contributed by atoms with E-state index in [0.29, 0.717) is 13.0 Å². The van der Waals surface area contributed by atoms with Crippen LogP contribution < -0.4 is 10.0 Å². The Morgan fingerprint density at radius 3 is 2.65 bits per heavy atom. The van der Waals surface area contributed by atoms with Gasteiger partial charge >= 0.3 is 0 Å². The first-order valence-corrected chi connectivity index (χ1v) is 5.78. The molecular weight excluding hydrogens is 234 g/mol. The molecule has 2 unspecified atom stereocenters. The van der Waals surface area contributed by atoms with Gasteiger partial charge in [0.2, 0.25) is 0 Å². The predicted octanol–water partition coefficient (Wildman–Crippen LogP) is 1.63. The zero-order valence-electron chi connectivity index (χ0n) is 9.34. The van der Waals surface area contributed by atoms with Crippen molar-refractivity contribution in [2.75, 3.05) is 11.9 Å². The summed E-state index contributed by atoms with van der Waals surface area (Å²) in [4.78, 5) is 10.9. The Bertz CT molecular complexity index is 377. The molecule has 4 nitrogen and oxygen atoms in total. The molecule has 0 aliphatic carbocycles. The first-order chi connectivity index (χ1) is 8.30. The first kappa shape index (κ1) is 13.6. The maximum Gasteiger partial charge on any atom is 0.124 e. The van der Waals surface area contributed by atoms with Gasteiger partial charge in [0.25, 0.3) is 0 Å². The maximum atomic E-state index is 10.9. The highest BCUT2D eigenvalue weighted by Gasteiger charge is 2.14. The second-order valence-electron chi connectivity index (χ2n) is 3.69. The van der Waals surface area contributed by atoms with Crippen molar-refractivity contribution in [1.29, 1.82) is 5.26 Å². The van der Waals surface area contributed by atoms with Crippen LogP contribution >= 0.6 is 12.8 Å². The van der Waals surface area contributed by atoms with E-state index in [1.165, 1.54) is 0 Å². The Balaban J connectivity index is 2.43. The third kappa shape index (κ3) is 4.89. The average molecular weight is 249 g/mol. The molecule has 0 aliphatic rings. The van der Waals surface area contributed by atoms with Crippen molar-refractivity contribution < 1.29 is 4.79 Å². The summed E-state index contributed by atoms with van der Waals surface area (Å²) in [5.74, 6) is -0.209. The summed E-state index contributed by atoms with van der Waals surface area (Å²) in [5, 5.41) is 11.9. The summed E-state index contributed by atoms with van der Waals surface area (Å²) < 4.78 is 2.56. The van der Waals surface area contributed by atoms with Crippen LogP contribution in [-0.2, 0) is 4.79 Å². The Morgan fingerprint density at radius 2 is 2.12 bits per heavy atom. The van der Waals surface area contributed by atoms with Gasteiger partial charge in [-0.3, -0.25) is 0 Å². The summed E-state index contributed by atoms with van der Waals surface area (Å²) in [7, 11) is 0. The van der Waals surface area contributed by atoms with E-state index in [-0.39, 0.29) is 5.92 Å². The van der Waals surface area contributed by atoms with Gasteiger partial charge in [-0.1, -0.05) is 31.0 Å². The number of benzene rings is 1. The average Bonchev–Trinajstić information content (AvgIpc) is 2.40. The number of anilines is 1. The van der Waals surface area contributed by atoms with Gasteiger partial charge in [0.1, 0.15) is 12.3 Å². The highest BCUT2D eigenvalue weighted by Crippen LogP contribution is 2.09. The molecule has 0 saturated heterocycles. The van der Waals surface area contributed by atoms with E-state index in [1.54, 1.807) is 0 Å². The van der Waals surface area contributed by atoms with Crippen LogP contribution in [0.5, 0.6) is 0 Å². The van der Waals surface area contributed by atoms with Gasteiger partial charge < -0.3 is 10.1 Å². The van der Waals surface area contributed by atoms with Crippen molar-refractivity contribution >= 4 is 24.8 Å². The number of thiol groups is 1. The lowest BCUT2D eigenvalue weighted by Gasteiger charge is -2.14. The van der Waals surface area contributed by atoms with Crippen molar-refractivity contribution in [3.05, 3.63) is 30.3 Å². The third-order valence-electron chi connectivity index (χ3n) is 2.38. The molecular formula is C12H15N3OS. The molecule has 0 spiro atoms. The Hall–Kier alpha value is -1.51. The van der Waals surface area contributed by atoms with Gasteiger partial charge in [0.05, 0.1) is 6.07 Å². The minimum Gasteiger partial charge on any atom is -0.384 e. The fraction of sp³-hybridized carbons (Fsp3) is 0.333. The predicted molar refractivity (Wildman–Crippen MR) is 70.6 cm³/mol. The molecule has 0 aromatic heterocycles. The number of hydrogen-bond donors (Lipinski definition) is 3. The highest BCUT2D eigenvalue weighted by atomic mass is 32.1. The molecule has 2 N–H and O–H groups in total.